The zero-order valence-electron chi connectivity index (χ0n) is 7.41. The standard InChI is InChI=1S/C11H13FO/c1-2-11(13)8-5-9-3-6-10(12)7-4-9/h2-4,6-7,11,13H,1,5,8H2. The molecule has 0 aliphatic heterocycles. The molecule has 13 heavy (non-hydrogen) atoms. The molecule has 0 spiro atoms. The van der Waals surface area contributed by atoms with E-state index < -0.39 is 6.10 Å². The quantitative estimate of drug-likeness (QED) is 0.705. The van der Waals surface area contributed by atoms with Crippen LogP contribution >= 0.6 is 0 Å². The first-order chi connectivity index (χ1) is 6.22. The van der Waals surface area contributed by atoms with Gasteiger partial charge in [0.15, 0.2) is 0 Å². The van der Waals surface area contributed by atoms with Crippen LogP contribution in [0.15, 0.2) is 36.9 Å². The minimum absolute atomic E-state index is 0.229. The Morgan fingerprint density at radius 1 is 1.38 bits per heavy atom. The highest BCUT2D eigenvalue weighted by molar-refractivity contribution is 5.16. The molecule has 0 amide bonds. The summed E-state index contributed by atoms with van der Waals surface area (Å²) in [6, 6.07) is 6.31. The molecule has 0 heterocycles. The van der Waals surface area contributed by atoms with E-state index in [4.69, 9.17) is 0 Å². The van der Waals surface area contributed by atoms with Crippen LogP contribution in [0.1, 0.15) is 12.0 Å². The first kappa shape index (κ1) is 9.93. The molecule has 0 fully saturated rings. The normalized spacial score (nSPS) is 12.5. The summed E-state index contributed by atoms with van der Waals surface area (Å²) in [5, 5.41) is 9.18. The van der Waals surface area contributed by atoms with Crippen LogP contribution in [0, 0.1) is 5.82 Å². The number of aliphatic hydroxyl groups is 1. The molecule has 70 valence electrons. The Kier molecular flexibility index (Phi) is 3.65. The molecule has 0 saturated carbocycles. The maximum Gasteiger partial charge on any atom is 0.123 e. The Morgan fingerprint density at radius 3 is 2.54 bits per heavy atom. The van der Waals surface area contributed by atoms with Crippen molar-refractivity contribution in [1.29, 1.82) is 0 Å². The maximum atomic E-state index is 12.5. The van der Waals surface area contributed by atoms with E-state index in [0.717, 1.165) is 12.0 Å². The lowest BCUT2D eigenvalue weighted by molar-refractivity contribution is 0.213. The third kappa shape index (κ3) is 3.38. The number of rotatable bonds is 4. The van der Waals surface area contributed by atoms with Crippen molar-refractivity contribution in [3.8, 4) is 0 Å². The van der Waals surface area contributed by atoms with Gasteiger partial charge in [0.25, 0.3) is 0 Å². The summed E-state index contributed by atoms with van der Waals surface area (Å²) in [6.07, 6.45) is 2.41. The Morgan fingerprint density at radius 2 is 2.00 bits per heavy atom. The number of benzene rings is 1. The van der Waals surface area contributed by atoms with Gasteiger partial charge in [-0.05, 0) is 30.5 Å². The Balaban J connectivity index is 2.45. The third-order valence-corrected chi connectivity index (χ3v) is 1.91. The van der Waals surface area contributed by atoms with Gasteiger partial charge in [0.05, 0.1) is 6.10 Å². The molecule has 0 saturated heterocycles. The molecule has 1 rings (SSSR count). The highest BCUT2D eigenvalue weighted by atomic mass is 19.1. The molecule has 1 unspecified atom stereocenters. The van der Waals surface area contributed by atoms with Gasteiger partial charge in [0.1, 0.15) is 5.82 Å². The highest BCUT2D eigenvalue weighted by Gasteiger charge is 1.99. The molecule has 0 radical (unpaired) electrons. The topological polar surface area (TPSA) is 20.2 Å². The molecule has 1 aromatic carbocycles. The van der Waals surface area contributed by atoms with Gasteiger partial charge in [-0.15, -0.1) is 6.58 Å². The molecule has 0 bridgehead atoms. The third-order valence-electron chi connectivity index (χ3n) is 1.91. The van der Waals surface area contributed by atoms with Gasteiger partial charge in [0.2, 0.25) is 0 Å². The van der Waals surface area contributed by atoms with Gasteiger partial charge in [-0.25, -0.2) is 4.39 Å². The molecule has 0 aliphatic rings. The van der Waals surface area contributed by atoms with Crippen LogP contribution in [0.3, 0.4) is 0 Å². The number of hydrogen-bond acceptors (Lipinski definition) is 1. The lowest BCUT2D eigenvalue weighted by atomic mass is 10.1. The Bertz CT molecular complexity index is 266. The number of hydrogen-bond donors (Lipinski definition) is 1. The van der Waals surface area contributed by atoms with Gasteiger partial charge >= 0.3 is 0 Å². The van der Waals surface area contributed by atoms with E-state index in [0.29, 0.717) is 6.42 Å². The first-order valence-electron chi connectivity index (χ1n) is 4.27. The van der Waals surface area contributed by atoms with Gasteiger partial charge in [-0.1, -0.05) is 18.2 Å². The predicted molar refractivity (Wildman–Crippen MR) is 50.9 cm³/mol. The van der Waals surface area contributed by atoms with E-state index in [1.807, 2.05) is 0 Å². The fourth-order valence-electron chi connectivity index (χ4n) is 1.08. The van der Waals surface area contributed by atoms with E-state index in [1.54, 1.807) is 12.1 Å². The highest BCUT2D eigenvalue weighted by Crippen LogP contribution is 2.07. The second kappa shape index (κ2) is 4.77. The summed E-state index contributed by atoms with van der Waals surface area (Å²) in [4.78, 5) is 0. The van der Waals surface area contributed by atoms with Crippen LogP contribution < -0.4 is 0 Å². The van der Waals surface area contributed by atoms with Crippen LogP contribution in [-0.4, -0.2) is 11.2 Å². The molecule has 1 N–H and O–H groups in total. The minimum Gasteiger partial charge on any atom is -0.389 e. The summed E-state index contributed by atoms with van der Waals surface area (Å²) in [5.41, 5.74) is 1.03. The second-order valence-corrected chi connectivity index (χ2v) is 2.97. The monoisotopic (exact) mass is 180 g/mol. The largest absolute Gasteiger partial charge is 0.389 e. The summed E-state index contributed by atoms with van der Waals surface area (Å²) in [7, 11) is 0. The van der Waals surface area contributed by atoms with E-state index in [1.165, 1.54) is 18.2 Å². The van der Waals surface area contributed by atoms with Crippen molar-refractivity contribution in [1.82, 2.24) is 0 Å². The molecular weight excluding hydrogens is 167 g/mol. The Labute approximate surface area is 77.5 Å². The number of halogens is 1. The Hall–Kier alpha value is -1.15. The molecule has 1 nitrogen and oxygen atoms in total. The van der Waals surface area contributed by atoms with Crippen molar-refractivity contribution in [2.45, 2.75) is 18.9 Å². The molecule has 1 aromatic rings. The molecular formula is C11H13FO. The van der Waals surface area contributed by atoms with Crippen LogP contribution in [0.2, 0.25) is 0 Å². The minimum atomic E-state index is -0.468. The van der Waals surface area contributed by atoms with Crippen molar-refractivity contribution in [2.24, 2.45) is 0 Å². The average molecular weight is 180 g/mol. The number of aryl methyl sites for hydroxylation is 1. The van der Waals surface area contributed by atoms with Crippen LogP contribution in [-0.2, 0) is 6.42 Å². The second-order valence-electron chi connectivity index (χ2n) is 2.97. The molecule has 0 aliphatic carbocycles. The van der Waals surface area contributed by atoms with E-state index >= 15 is 0 Å². The van der Waals surface area contributed by atoms with Crippen LogP contribution in [0.4, 0.5) is 4.39 Å². The van der Waals surface area contributed by atoms with Crippen molar-refractivity contribution < 1.29 is 9.50 Å². The van der Waals surface area contributed by atoms with Gasteiger partial charge in [-0.2, -0.15) is 0 Å². The first-order valence-corrected chi connectivity index (χ1v) is 4.27. The summed E-state index contributed by atoms with van der Waals surface area (Å²) in [5.74, 6) is -0.229. The zero-order chi connectivity index (χ0) is 9.68. The lowest BCUT2D eigenvalue weighted by Gasteiger charge is -2.04. The summed E-state index contributed by atoms with van der Waals surface area (Å²) < 4.78 is 12.5. The van der Waals surface area contributed by atoms with Crippen molar-refractivity contribution in [3.63, 3.8) is 0 Å². The van der Waals surface area contributed by atoms with Crippen LogP contribution in [0.25, 0.3) is 0 Å². The smallest absolute Gasteiger partial charge is 0.123 e. The van der Waals surface area contributed by atoms with Crippen molar-refractivity contribution >= 4 is 0 Å². The predicted octanol–water partition coefficient (Wildman–Crippen LogP) is 2.31. The summed E-state index contributed by atoms with van der Waals surface area (Å²) in [6.45, 7) is 3.48. The fraction of sp³-hybridized carbons (Fsp3) is 0.273. The molecule has 1 atom stereocenters. The van der Waals surface area contributed by atoms with Gasteiger partial charge in [0, 0.05) is 0 Å². The van der Waals surface area contributed by atoms with Gasteiger partial charge < -0.3 is 5.11 Å². The number of aliphatic hydroxyl groups excluding tert-OH is 1. The van der Waals surface area contributed by atoms with Crippen LogP contribution in [0.5, 0.6) is 0 Å². The summed E-state index contributed by atoms with van der Waals surface area (Å²) >= 11 is 0. The zero-order valence-corrected chi connectivity index (χ0v) is 7.41. The van der Waals surface area contributed by atoms with E-state index in [-0.39, 0.29) is 5.82 Å². The average Bonchev–Trinajstić information content (AvgIpc) is 2.16. The van der Waals surface area contributed by atoms with E-state index in [2.05, 4.69) is 6.58 Å². The van der Waals surface area contributed by atoms with Crippen molar-refractivity contribution in [3.05, 3.63) is 48.3 Å². The molecule has 2 heteroatoms. The maximum absolute atomic E-state index is 12.5. The van der Waals surface area contributed by atoms with Gasteiger partial charge in [-0.3, -0.25) is 0 Å². The fourth-order valence-corrected chi connectivity index (χ4v) is 1.08. The van der Waals surface area contributed by atoms with Crippen molar-refractivity contribution in [2.75, 3.05) is 0 Å². The SMILES string of the molecule is C=CC(O)CCc1ccc(F)cc1. The van der Waals surface area contributed by atoms with E-state index in [9.17, 15) is 9.50 Å². The molecule has 0 aromatic heterocycles. The lowest BCUT2D eigenvalue weighted by Crippen LogP contribution is -2.02.